The van der Waals surface area contributed by atoms with Gasteiger partial charge in [-0.05, 0) is 72.3 Å². The summed E-state index contributed by atoms with van der Waals surface area (Å²) in [5.41, 5.74) is 4.15. The van der Waals surface area contributed by atoms with Crippen molar-refractivity contribution in [2.24, 2.45) is 0 Å². The van der Waals surface area contributed by atoms with Gasteiger partial charge in [0.2, 0.25) is 0 Å². The first-order chi connectivity index (χ1) is 18.3. The predicted molar refractivity (Wildman–Crippen MR) is 151 cm³/mol. The zero-order valence-corrected chi connectivity index (χ0v) is 22.8. The van der Waals surface area contributed by atoms with Crippen molar-refractivity contribution in [2.75, 3.05) is 54.9 Å². The van der Waals surface area contributed by atoms with Gasteiger partial charge < -0.3 is 19.1 Å². The first-order valence-electron chi connectivity index (χ1n) is 13.1. The van der Waals surface area contributed by atoms with E-state index in [9.17, 15) is 9.59 Å². The van der Waals surface area contributed by atoms with Gasteiger partial charge in [-0.15, -0.1) is 0 Å². The highest BCUT2D eigenvalue weighted by Gasteiger charge is 2.40. The molecule has 3 heterocycles. The Balaban J connectivity index is 1.79. The van der Waals surface area contributed by atoms with Crippen LogP contribution in [0, 0.1) is 0 Å². The highest BCUT2D eigenvalue weighted by atomic mass is 16.5. The van der Waals surface area contributed by atoms with Gasteiger partial charge in [0.15, 0.2) is 0 Å². The molecular weight excluding hydrogens is 478 g/mol. The molecule has 0 radical (unpaired) electrons. The van der Waals surface area contributed by atoms with E-state index in [1.54, 1.807) is 7.11 Å². The molecule has 1 aliphatic heterocycles. The van der Waals surface area contributed by atoms with Gasteiger partial charge in [0, 0.05) is 34.9 Å². The van der Waals surface area contributed by atoms with E-state index < -0.39 is 0 Å². The van der Waals surface area contributed by atoms with Crippen molar-refractivity contribution >= 4 is 33.6 Å². The number of carbonyl (C=O) groups is 2. The lowest BCUT2D eigenvalue weighted by Gasteiger charge is -2.15. The van der Waals surface area contributed by atoms with Crippen molar-refractivity contribution in [3.63, 3.8) is 0 Å². The number of carbonyl (C=O) groups excluding carboxylic acids is 2. The van der Waals surface area contributed by atoms with E-state index in [2.05, 4.69) is 28.5 Å². The third kappa shape index (κ3) is 4.54. The van der Waals surface area contributed by atoms with E-state index >= 15 is 0 Å². The minimum absolute atomic E-state index is 0.237. The predicted octanol–water partition coefficient (Wildman–Crippen LogP) is 4.36. The van der Waals surface area contributed by atoms with Crippen LogP contribution >= 0.6 is 0 Å². The van der Waals surface area contributed by atoms with Crippen LogP contribution in [0.25, 0.3) is 33.1 Å². The summed E-state index contributed by atoms with van der Waals surface area (Å²) < 4.78 is 7.83. The fourth-order valence-corrected chi connectivity index (χ4v) is 5.34. The molecule has 0 N–H and O–H groups in total. The highest BCUT2D eigenvalue weighted by molar-refractivity contribution is 6.30. The molecule has 2 aromatic carbocycles. The van der Waals surface area contributed by atoms with E-state index in [0.29, 0.717) is 24.3 Å². The molecule has 0 aliphatic carbocycles. The smallest absolute Gasteiger partial charge is 0.280 e. The summed E-state index contributed by atoms with van der Waals surface area (Å²) in [5.74, 6) is 0.117. The molecule has 0 bridgehead atoms. The van der Waals surface area contributed by atoms with Gasteiger partial charge in [-0.1, -0.05) is 30.3 Å². The Morgan fingerprint density at radius 2 is 1.53 bits per heavy atom. The second kappa shape index (κ2) is 10.6. The zero-order chi connectivity index (χ0) is 27.0. The molecule has 2 amide bonds. The average molecular weight is 514 g/mol. The summed E-state index contributed by atoms with van der Waals surface area (Å²) in [6.07, 6.45) is 1.63. The van der Waals surface area contributed by atoms with Gasteiger partial charge in [-0.2, -0.15) is 0 Å². The maximum Gasteiger partial charge on any atom is 0.280 e. The molecule has 0 spiro atoms. The number of fused-ring (bicyclic) bond motifs is 5. The van der Waals surface area contributed by atoms with E-state index in [1.165, 1.54) is 4.90 Å². The number of methoxy groups -OCH3 is 1. The molecule has 4 aromatic rings. The second-order valence-corrected chi connectivity index (χ2v) is 10.4. The van der Waals surface area contributed by atoms with E-state index in [0.717, 1.165) is 59.1 Å². The number of benzene rings is 2. The number of hydrogen-bond acceptors (Lipinski definition) is 6. The number of aryl methyl sites for hydroxylation is 1. The monoisotopic (exact) mass is 513 g/mol. The molecule has 198 valence electrons. The lowest BCUT2D eigenvalue weighted by atomic mass is 10.0. The molecule has 2 aromatic heterocycles. The molecule has 0 atom stereocenters. The van der Waals surface area contributed by atoms with Crippen LogP contribution in [0.15, 0.2) is 48.5 Å². The van der Waals surface area contributed by atoms with E-state index in [4.69, 9.17) is 9.72 Å². The van der Waals surface area contributed by atoms with Crippen molar-refractivity contribution in [3.8, 4) is 17.0 Å². The maximum absolute atomic E-state index is 13.9. The lowest BCUT2D eigenvalue weighted by molar-refractivity contribution is 0.0648. The molecule has 1 aliphatic rings. The molecule has 38 heavy (non-hydrogen) atoms. The first kappa shape index (κ1) is 25.9. The number of amides is 2. The normalized spacial score (nSPS) is 13.5. The minimum Gasteiger partial charge on any atom is -0.497 e. The summed E-state index contributed by atoms with van der Waals surface area (Å²) in [5, 5.41) is 1.68. The number of rotatable bonds is 10. The number of nitrogens with zero attached hydrogens (tertiary/aromatic N) is 5. The molecule has 8 heteroatoms. The summed E-state index contributed by atoms with van der Waals surface area (Å²) in [4.78, 5) is 38.0. The standard InChI is InChI=1S/C30H35N5O3/c1-32(2)15-9-17-34-23-14-13-21(38-5)19-22(23)24-25-27(30(37)35(29(25)36)18-10-16-33(3)4)31-26(28(24)34)20-11-7-6-8-12-20/h6-8,11-14,19H,9-10,15-18H2,1-5H3. The molecule has 0 saturated carbocycles. The van der Waals surface area contributed by atoms with Crippen LogP contribution in [0.1, 0.15) is 33.7 Å². The zero-order valence-electron chi connectivity index (χ0n) is 22.8. The number of hydrogen-bond donors (Lipinski definition) is 0. The Hall–Kier alpha value is -3.75. The Morgan fingerprint density at radius 1 is 0.842 bits per heavy atom. The van der Waals surface area contributed by atoms with Crippen molar-refractivity contribution in [2.45, 2.75) is 19.4 Å². The Bertz CT molecular complexity index is 1510. The number of aromatic nitrogens is 2. The van der Waals surface area contributed by atoms with Crippen LogP contribution < -0.4 is 4.74 Å². The quantitative estimate of drug-likeness (QED) is 0.294. The molecule has 0 fully saturated rings. The summed E-state index contributed by atoms with van der Waals surface area (Å²) in [6.45, 7) is 2.82. The number of imide groups is 1. The summed E-state index contributed by atoms with van der Waals surface area (Å²) >= 11 is 0. The van der Waals surface area contributed by atoms with Crippen LogP contribution in [-0.2, 0) is 6.54 Å². The van der Waals surface area contributed by atoms with Crippen LogP contribution in [0.5, 0.6) is 5.75 Å². The topological polar surface area (TPSA) is 70.9 Å². The van der Waals surface area contributed by atoms with Gasteiger partial charge >= 0.3 is 0 Å². The van der Waals surface area contributed by atoms with Gasteiger partial charge in [0.05, 0.1) is 23.9 Å². The molecule has 8 nitrogen and oxygen atoms in total. The lowest BCUT2D eigenvalue weighted by Crippen LogP contribution is -2.32. The Kier molecular flexibility index (Phi) is 7.19. The summed E-state index contributed by atoms with van der Waals surface area (Å²) in [7, 11) is 9.74. The van der Waals surface area contributed by atoms with Crippen molar-refractivity contribution in [1.29, 1.82) is 0 Å². The number of pyridine rings is 1. The van der Waals surface area contributed by atoms with Crippen LogP contribution in [-0.4, -0.2) is 91.0 Å². The third-order valence-corrected chi connectivity index (χ3v) is 7.13. The van der Waals surface area contributed by atoms with E-state index in [1.807, 2.05) is 62.6 Å². The van der Waals surface area contributed by atoms with E-state index in [-0.39, 0.29) is 17.5 Å². The Labute approximate surface area is 223 Å². The third-order valence-electron chi connectivity index (χ3n) is 7.13. The van der Waals surface area contributed by atoms with Gasteiger partial charge in [0.1, 0.15) is 11.4 Å². The molecule has 0 unspecified atom stereocenters. The van der Waals surface area contributed by atoms with Gasteiger partial charge in [-0.25, -0.2) is 4.98 Å². The fraction of sp³-hybridized carbons (Fsp3) is 0.367. The van der Waals surface area contributed by atoms with Crippen LogP contribution in [0.3, 0.4) is 0 Å². The largest absolute Gasteiger partial charge is 0.497 e. The number of ether oxygens (including phenoxy) is 1. The van der Waals surface area contributed by atoms with Crippen molar-refractivity contribution < 1.29 is 14.3 Å². The molecule has 5 rings (SSSR count). The minimum atomic E-state index is -0.320. The maximum atomic E-state index is 13.9. The van der Waals surface area contributed by atoms with Crippen LogP contribution in [0.4, 0.5) is 0 Å². The second-order valence-electron chi connectivity index (χ2n) is 10.4. The average Bonchev–Trinajstić information content (AvgIpc) is 3.35. The summed E-state index contributed by atoms with van der Waals surface area (Å²) in [6, 6.07) is 15.9. The van der Waals surface area contributed by atoms with Gasteiger partial charge in [-0.3, -0.25) is 14.5 Å². The van der Waals surface area contributed by atoms with Crippen LogP contribution in [0.2, 0.25) is 0 Å². The highest BCUT2D eigenvalue weighted by Crippen LogP contribution is 2.42. The molecule has 0 saturated heterocycles. The fourth-order valence-electron chi connectivity index (χ4n) is 5.34. The van der Waals surface area contributed by atoms with Gasteiger partial charge in [0.25, 0.3) is 11.8 Å². The first-order valence-corrected chi connectivity index (χ1v) is 13.1. The molecular formula is C30H35N5O3. The van der Waals surface area contributed by atoms with Crippen molar-refractivity contribution in [1.82, 2.24) is 24.3 Å². The SMILES string of the molecule is COc1ccc2c(c1)c1c3c(nc(-c4ccccc4)c1n2CCCN(C)C)C(=O)N(CCCN(C)C)C3=O. The Morgan fingerprint density at radius 3 is 2.18 bits per heavy atom. The van der Waals surface area contributed by atoms with Crippen molar-refractivity contribution in [3.05, 3.63) is 59.8 Å².